The third-order valence-electron chi connectivity index (χ3n) is 7.58. The number of likely N-dealkylation sites (tertiary alicyclic amines) is 1. The minimum atomic E-state index is -0.826. The molecular formula is C32H29BrN2O5. The van der Waals surface area contributed by atoms with Crippen molar-refractivity contribution in [3.8, 4) is 0 Å². The Bertz CT molecular complexity index is 1510. The Hall–Kier alpha value is -4.04. The van der Waals surface area contributed by atoms with Crippen molar-refractivity contribution in [1.29, 1.82) is 0 Å². The zero-order valence-electron chi connectivity index (χ0n) is 22.1. The second-order valence-electron chi connectivity index (χ2n) is 10.0. The number of rotatable bonds is 6. The van der Waals surface area contributed by atoms with Crippen LogP contribution in [0.15, 0.2) is 83.0 Å². The summed E-state index contributed by atoms with van der Waals surface area (Å²) in [5.74, 6) is -1.88. The Morgan fingerprint density at radius 1 is 0.875 bits per heavy atom. The predicted octanol–water partition coefficient (Wildman–Crippen LogP) is 5.78. The zero-order chi connectivity index (χ0) is 28.4. The average molecular weight is 601 g/mol. The number of nitrogens with zero attached hydrogens (tertiary/aromatic N) is 2. The van der Waals surface area contributed by atoms with E-state index in [1.807, 2.05) is 48.5 Å². The molecule has 1 saturated heterocycles. The van der Waals surface area contributed by atoms with E-state index in [1.54, 1.807) is 41.0 Å². The summed E-state index contributed by atoms with van der Waals surface area (Å²) >= 11 is 3.56. The molecule has 5 rings (SSSR count). The highest BCUT2D eigenvalue weighted by molar-refractivity contribution is 9.10. The second-order valence-corrected chi connectivity index (χ2v) is 11.0. The number of benzene rings is 3. The largest absolute Gasteiger partial charge is 0.481 e. The molecule has 2 aliphatic heterocycles. The summed E-state index contributed by atoms with van der Waals surface area (Å²) in [7, 11) is 0. The summed E-state index contributed by atoms with van der Waals surface area (Å²) in [5.41, 5.74) is 4.59. The molecule has 0 saturated carbocycles. The Labute approximate surface area is 241 Å². The number of allylic oxidation sites excluding steroid dienone is 1. The van der Waals surface area contributed by atoms with Gasteiger partial charge in [0, 0.05) is 40.7 Å². The zero-order valence-corrected chi connectivity index (χ0v) is 23.7. The van der Waals surface area contributed by atoms with Crippen LogP contribution in [0.1, 0.15) is 63.6 Å². The number of halogens is 1. The SMILES string of the molecule is CCC(=O)C1=C(c2ccccc2)c2cc(Br)ccc2CN1C(=O)c1ccc(C(=O)N2CCC(C(=O)O)CC2)cc1. The summed E-state index contributed by atoms with van der Waals surface area (Å²) < 4.78 is 0.884. The molecule has 0 bridgehead atoms. The van der Waals surface area contributed by atoms with Gasteiger partial charge in [-0.3, -0.25) is 24.1 Å². The number of carbonyl (C=O) groups is 4. The van der Waals surface area contributed by atoms with Gasteiger partial charge in [-0.1, -0.05) is 59.3 Å². The normalized spacial score (nSPS) is 15.6. The summed E-state index contributed by atoms with van der Waals surface area (Å²) in [6, 6.07) is 22.0. The van der Waals surface area contributed by atoms with E-state index in [4.69, 9.17) is 0 Å². The first-order valence-corrected chi connectivity index (χ1v) is 14.1. The fraction of sp³-hybridized carbons (Fsp3) is 0.250. The van der Waals surface area contributed by atoms with Crippen LogP contribution in [0.4, 0.5) is 0 Å². The highest BCUT2D eigenvalue weighted by Gasteiger charge is 2.34. The minimum Gasteiger partial charge on any atom is -0.481 e. The number of carbonyl (C=O) groups excluding carboxylic acids is 3. The van der Waals surface area contributed by atoms with Crippen LogP contribution in [0.3, 0.4) is 0 Å². The monoisotopic (exact) mass is 600 g/mol. The fourth-order valence-electron chi connectivity index (χ4n) is 5.38. The highest BCUT2D eigenvalue weighted by atomic mass is 79.9. The molecule has 1 fully saturated rings. The van der Waals surface area contributed by atoms with Gasteiger partial charge in [0.05, 0.1) is 18.2 Å². The molecule has 40 heavy (non-hydrogen) atoms. The van der Waals surface area contributed by atoms with Gasteiger partial charge in [0.15, 0.2) is 5.78 Å². The van der Waals surface area contributed by atoms with E-state index in [1.165, 1.54) is 0 Å². The molecule has 2 aliphatic rings. The number of amides is 2. The molecule has 8 heteroatoms. The maximum atomic E-state index is 13.9. The number of Topliss-reactive ketones (excluding diaryl/α,β-unsaturated/α-hetero) is 1. The number of ketones is 1. The smallest absolute Gasteiger partial charge is 0.306 e. The van der Waals surface area contributed by atoms with Gasteiger partial charge >= 0.3 is 5.97 Å². The lowest BCUT2D eigenvalue weighted by atomic mass is 9.86. The molecular weight excluding hydrogens is 572 g/mol. The number of hydrogen-bond acceptors (Lipinski definition) is 4. The van der Waals surface area contributed by atoms with Gasteiger partial charge in [-0.05, 0) is 65.9 Å². The van der Waals surface area contributed by atoms with Gasteiger partial charge < -0.3 is 10.0 Å². The number of aliphatic carboxylic acids is 1. The van der Waals surface area contributed by atoms with Crippen LogP contribution in [0, 0.1) is 5.92 Å². The molecule has 0 atom stereocenters. The Balaban J connectivity index is 1.48. The number of hydrogen-bond donors (Lipinski definition) is 1. The third-order valence-corrected chi connectivity index (χ3v) is 8.07. The molecule has 3 aromatic rings. The lowest BCUT2D eigenvalue weighted by Gasteiger charge is -2.33. The van der Waals surface area contributed by atoms with Crippen molar-refractivity contribution in [3.63, 3.8) is 0 Å². The third kappa shape index (κ3) is 5.36. The molecule has 7 nitrogen and oxygen atoms in total. The first kappa shape index (κ1) is 27.5. The summed E-state index contributed by atoms with van der Waals surface area (Å²) in [6.45, 7) is 2.80. The van der Waals surface area contributed by atoms with E-state index in [0.29, 0.717) is 42.8 Å². The molecule has 204 valence electrons. The molecule has 0 aliphatic carbocycles. The highest BCUT2D eigenvalue weighted by Crippen LogP contribution is 2.39. The van der Waals surface area contributed by atoms with Crippen molar-refractivity contribution in [2.45, 2.75) is 32.7 Å². The predicted molar refractivity (Wildman–Crippen MR) is 154 cm³/mol. The van der Waals surface area contributed by atoms with E-state index < -0.39 is 11.9 Å². The van der Waals surface area contributed by atoms with Crippen LogP contribution in [0.5, 0.6) is 0 Å². The summed E-state index contributed by atoms with van der Waals surface area (Å²) in [5, 5.41) is 9.22. The second kappa shape index (κ2) is 11.6. The van der Waals surface area contributed by atoms with Gasteiger partial charge in [0.25, 0.3) is 11.8 Å². The van der Waals surface area contributed by atoms with Crippen molar-refractivity contribution in [2.24, 2.45) is 5.92 Å². The van der Waals surface area contributed by atoms with Crippen molar-refractivity contribution < 1.29 is 24.3 Å². The number of carboxylic acid groups (broad SMARTS) is 1. The van der Waals surface area contributed by atoms with Crippen LogP contribution in [0.25, 0.3) is 5.57 Å². The first-order chi connectivity index (χ1) is 19.3. The van der Waals surface area contributed by atoms with E-state index in [2.05, 4.69) is 15.9 Å². The Kier molecular flexibility index (Phi) is 7.98. The molecule has 0 radical (unpaired) electrons. The van der Waals surface area contributed by atoms with Crippen LogP contribution in [-0.4, -0.2) is 51.6 Å². The fourth-order valence-corrected chi connectivity index (χ4v) is 5.74. The number of fused-ring (bicyclic) bond motifs is 1. The molecule has 3 aromatic carbocycles. The molecule has 2 heterocycles. The van der Waals surface area contributed by atoms with E-state index in [0.717, 1.165) is 26.7 Å². The lowest BCUT2D eigenvalue weighted by Crippen LogP contribution is -2.40. The molecule has 0 unspecified atom stereocenters. The Morgan fingerprint density at radius 2 is 1.50 bits per heavy atom. The van der Waals surface area contributed by atoms with Crippen LogP contribution in [-0.2, 0) is 16.1 Å². The standard InChI is InChI=1S/C32H29BrN2O5/c1-2-27(36)29-28(20-6-4-3-5-7-20)26-18-25(33)13-12-24(26)19-35(29)31(38)22-10-8-21(9-11-22)30(37)34-16-14-23(15-17-34)32(39)40/h3-13,18,23H,2,14-17,19H2,1H3,(H,39,40). The Morgan fingerprint density at radius 3 is 2.10 bits per heavy atom. The molecule has 0 spiro atoms. The van der Waals surface area contributed by atoms with Gasteiger partial charge in [-0.25, -0.2) is 0 Å². The van der Waals surface area contributed by atoms with E-state index >= 15 is 0 Å². The molecule has 2 amide bonds. The number of piperidine rings is 1. The van der Waals surface area contributed by atoms with Crippen LogP contribution in [0.2, 0.25) is 0 Å². The van der Waals surface area contributed by atoms with Gasteiger partial charge in [0.1, 0.15) is 0 Å². The lowest BCUT2D eigenvalue weighted by molar-refractivity contribution is -0.143. The van der Waals surface area contributed by atoms with E-state index in [9.17, 15) is 24.3 Å². The molecule has 1 N–H and O–H groups in total. The van der Waals surface area contributed by atoms with Crippen LogP contribution >= 0.6 is 15.9 Å². The average Bonchev–Trinajstić information content (AvgIpc) is 2.99. The first-order valence-electron chi connectivity index (χ1n) is 13.3. The van der Waals surface area contributed by atoms with Crippen molar-refractivity contribution in [1.82, 2.24) is 9.80 Å². The van der Waals surface area contributed by atoms with Crippen molar-refractivity contribution in [3.05, 3.63) is 111 Å². The van der Waals surface area contributed by atoms with Gasteiger partial charge in [0.2, 0.25) is 0 Å². The van der Waals surface area contributed by atoms with Crippen molar-refractivity contribution in [2.75, 3.05) is 13.1 Å². The maximum Gasteiger partial charge on any atom is 0.306 e. The maximum absolute atomic E-state index is 13.9. The van der Waals surface area contributed by atoms with Crippen molar-refractivity contribution >= 4 is 45.1 Å². The quantitative estimate of drug-likeness (QED) is 0.387. The van der Waals surface area contributed by atoms with Gasteiger partial charge in [-0.15, -0.1) is 0 Å². The number of carboxylic acids is 1. The van der Waals surface area contributed by atoms with Gasteiger partial charge in [-0.2, -0.15) is 0 Å². The molecule has 0 aromatic heterocycles. The van der Waals surface area contributed by atoms with E-state index in [-0.39, 0.29) is 30.6 Å². The topological polar surface area (TPSA) is 95.0 Å². The van der Waals surface area contributed by atoms with Crippen LogP contribution < -0.4 is 0 Å². The minimum absolute atomic E-state index is 0.130. The summed E-state index contributed by atoms with van der Waals surface area (Å²) in [4.78, 5) is 54.8. The summed E-state index contributed by atoms with van der Waals surface area (Å²) in [6.07, 6.45) is 1.09.